The molecule has 4 aromatic heterocycles. The monoisotopic (exact) mass is 351 g/mol. The lowest BCUT2D eigenvalue weighted by molar-refractivity contribution is 0.454. The van der Waals surface area contributed by atoms with Gasteiger partial charge in [-0.15, -0.1) is 0 Å². The molecular formula is C15H13N9O2. The van der Waals surface area contributed by atoms with E-state index in [2.05, 4.69) is 35.0 Å². The van der Waals surface area contributed by atoms with Crippen molar-refractivity contribution in [2.75, 3.05) is 0 Å². The average Bonchev–Trinajstić information content (AvgIpc) is 3.01. The number of hydrogen-bond donors (Lipinski definition) is 3. The second-order valence-electron chi connectivity index (χ2n) is 5.97. The summed E-state index contributed by atoms with van der Waals surface area (Å²) in [7, 11) is 0. The Morgan fingerprint density at radius 1 is 1.31 bits per heavy atom. The van der Waals surface area contributed by atoms with Crippen molar-refractivity contribution in [3.8, 4) is 11.8 Å². The molecule has 4 aromatic rings. The smallest absolute Gasteiger partial charge is 0.326 e. The lowest BCUT2D eigenvalue weighted by Gasteiger charge is -2.01. The summed E-state index contributed by atoms with van der Waals surface area (Å²) in [6, 6.07) is 0.255. The summed E-state index contributed by atoms with van der Waals surface area (Å²) >= 11 is 0. The fraction of sp³-hybridized carbons (Fsp3) is 0.200. The first-order chi connectivity index (χ1) is 12.7. The minimum Gasteiger partial charge on any atom is -0.493 e. The van der Waals surface area contributed by atoms with Gasteiger partial charge in [0.1, 0.15) is 12.0 Å². The van der Waals surface area contributed by atoms with E-state index in [4.69, 9.17) is 0 Å². The van der Waals surface area contributed by atoms with Crippen molar-refractivity contribution in [3.05, 3.63) is 51.9 Å². The molecule has 0 atom stereocenters. The molecular weight excluding hydrogens is 338 g/mol. The van der Waals surface area contributed by atoms with Crippen LogP contribution in [0, 0.1) is 0 Å². The lowest BCUT2D eigenvalue weighted by atomic mass is 10.3. The second-order valence-corrected chi connectivity index (χ2v) is 5.97. The summed E-state index contributed by atoms with van der Waals surface area (Å²) in [6.07, 6.45) is 10.2. The van der Waals surface area contributed by atoms with Crippen LogP contribution in [0.5, 0.6) is 5.88 Å². The fourth-order valence-corrected chi connectivity index (χ4v) is 2.56. The lowest BCUT2D eigenvalue weighted by Crippen LogP contribution is -2.25. The molecule has 11 nitrogen and oxygen atoms in total. The number of hydrogen-bond acceptors (Lipinski definition) is 7. The van der Waals surface area contributed by atoms with Crippen molar-refractivity contribution in [1.82, 2.24) is 39.1 Å². The topological polar surface area (TPSA) is 142 Å². The van der Waals surface area contributed by atoms with E-state index in [1.54, 1.807) is 40.1 Å². The molecule has 0 saturated heterocycles. The van der Waals surface area contributed by atoms with Gasteiger partial charge in [-0.2, -0.15) is 19.6 Å². The highest BCUT2D eigenvalue weighted by Crippen LogP contribution is 2.22. The second kappa shape index (κ2) is 5.37. The summed E-state index contributed by atoms with van der Waals surface area (Å²) < 4.78 is 3.23. The molecule has 3 N–H and O–H groups in total. The maximum atomic E-state index is 11.3. The van der Waals surface area contributed by atoms with Gasteiger partial charge in [0.05, 0.1) is 12.2 Å². The molecule has 5 rings (SSSR count). The Kier molecular flexibility index (Phi) is 3.01. The Hall–Kier alpha value is -3.76. The van der Waals surface area contributed by atoms with Crippen molar-refractivity contribution >= 4 is 11.7 Å². The van der Waals surface area contributed by atoms with Gasteiger partial charge >= 0.3 is 5.69 Å². The van der Waals surface area contributed by atoms with Crippen LogP contribution in [0.15, 0.2) is 34.7 Å². The molecule has 1 fully saturated rings. The van der Waals surface area contributed by atoms with Crippen LogP contribution in [0.25, 0.3) is 17.7 Å². The Bertz CT molecular complexity index is 1280. The van der Waals surface area contributed by atoms with Gasteiger partial charge in [0.25, 0.3) is 5.62 Å². The summed E-state index contributed by atoms with van der Waals surface area (Å²) in [4.78, 5) is 33.8. The molecule has 11 heteroatoms. The first-order valence-corrected chi connectivity index (χ1v) is 7.98. The minimum atomic E-state index is -0.497. The molecule has 0 radical (unpaired) electrons. The zero-order valence-corrected chi connectivity index (χ0v) is 13.4. The van der Waals surface area contributed by atoms with E-state index in [1.165, 1.54) is 0 Å². The van der Waals surface area contributed by atoms with E-state index in [9.17, 15) is 9.90 Å². The van der Waals surface area contributed by atoms with Gasteiger partial charge in [-0.3, -0.25) is 9.55 Å². The summed E-state index contributed by atoms with van der Waals surface area (Å²) in [5, 5.41) is 14.7. The third-order valence-corrected chi connectivity index (χ3v) is 3.98. The molecule has 1 aliphatic rings. The van der Waals surface area contributed by atoms with Crippen LogP contribution in [-0.2, 0) is 0 Å². The first-order valence-electron chi connectivity index (χ1n) is 7.98. The van der Waals surface area contributed by atoms with Gasteiger partial charge in [0, 0.05) is 17.6 Å². The normalized spacial score (nSPS) is 16.0. The number of nitrogens with zero attached hydrogens (tertiary/aromatic N) is 7. The van der Waals surface area contributed by atoms with Gasteiger partial charge in [0.2, 0.25) is 11.8 Å². The van der Waals surface area contributed by atoms with Crippen LogP contribution in [0.2, 0.25) is 0 Å². The highest BCUT2D eigenvalue weighted by molar-refractivity contribution is 5.56. The number of H-pyrrole nitrogens is 2. The number of aromatic hydroxyl groups is 1. The van der Waals surface area contributed by atoms with Crippen molar-refractivity contribution < 1.29 is 5.11 Å². The predicted octanol–water partition coefficient (Wildman–Crippen LogP) is -1.36. The number of aromatic nitrogens is 8. The van der Waals surface area contributed by atoms with Crippen LogP contribution in [0.1, 0.15) is 18.5 Å². The number of rotatable bonds is 3. The van der Waals surface area contributed by atoms with Crippen molar-refractivity contribution in [2.45, 2.75) is 18.9 Å². The van der Waals surface area contributed by atoms with Crippen molar-refractivity contribution in [3.63, 3.8) is 0 Å². The van der Waals surface area contributed by atoms with E-state index < -0.39 is 5.69 Å². The SMILES string of the molecule is O=c1[nH]c(O)c(C=c2cnn3c(=NC4CC4)nc(-n4ccnc4)nc23)[nH]1. The molecule has 0 spiro atoms. The van der Waals surface area contributed by atoms with E-state index in [-0.39, 0.29) is 17.6 Å². The summed E-state index contributed by atoms with van der Waals surface area (Å²) in [5.74, 6) is 0.164. The molecule has 0 unspecified atom stereocenters. The molecule has 0 amide bonds. The molecule has 130 valence electrons. The maximum absolute atomic E-state index is 11.3. The van der Waals surface area contributed by atoms with E-state index in [0.717, 1.165) is 12.8 Å². The molecule has 4 heterocycles. The average molecular weight is 351 g/mol. The molecule has 1 saturated carbocycles. The molecule has 0 aliphatic heterocycles. The van der Waals surface area contributed by atoms with E-state index >= 15 is 0 Å². The molecule has 0 aromatic carbocycles. The zero-order valence-electron chi connectivity index (χ0n) is 13.4. The quantitative estimate of drug-likeness (QED) is 0.416. The number of fused-ring (bicyclic) bond motifs is 1. The van der Waals surface area contributed by atoms with Gasteiger partial charge in [-0.25, -0.2) is 14.8 Å². The summed E-state index contributed by atoms with van der Waals surface area (Å²) in [5.41, 5.74) is 0.703. The Morgan fingerprint density at radius 3 is 2.88 bits per heavy atom. The van der Waals surface area contributed by atoms with Crippen molar-refractivity contribution in [2.24, 2.45) is 4.99 Å². The molecule has 0 bridgehead atoms. The molecule has 26 heavy (non-hydrogen) atoms. The third-order valence-electron chi connectivity index (χ3n) is 3.98. The Labute approximate surface area is 144 Å². The van der Waals surface area contributed by atoms with E-state index in [0.29, 0.717) is 22.4 Å². The Morgan fingerprint density at radius 2 is 2.19 bits per heavy atom. The van der Waals surface area contributed by atoms with Crippen LogP contribution in [0.3, 0.4) is 0 Å². The number of nitrogens with one attached hydrogen (secondary N) is 2. The highest BCUT2D eigenvalue weighted by atomic mass is 16.3. The van der Waals surface area contributed by atoms with E-state index in [1.807, 2.05) is 0 Å². The largest absolute Gasteiger partial charge is 0.493 e. The van der Waals surface area contributed by atoms with Gasteiger partial charge in [0.15, 0.2) is 5.65 Å². The van der Waals surface area contributed by atoms with Gasteiger partial charge < -0.3 is 10.1 Å². The van der Waals surface area contributed by atoms with Crippen LogP contribution in [-0.4, -0.2) is 50.2 Å². The Balaban J connectivity index is 1.80. The van der Waals surface area contributed by atoms with Crippen LogP contribution in [0.4, 0.5) is 0 Å². The van der Waals surface area contributed by atoms with Crippen LogP contribution < -0.4 is 16.5 Å². The fourth-order valence-electron chi connectivity index (χ4n) is 2.56. The standard InChI is InChI=1S/C15H13N9O2/c25-12-10(19-15(26)21-12)5-8-6-17-24-11(8)20-13(23-4-3-16-7-23)22-14(24)18-9-1-2-9/h3-7,9,25H,1-2H2,(H2,19,21,26). The zero-order chi connectivity index (χ0) is 17.7. The predicted molar refractivity (Wildman–Crippen MR) is 88.4 cm³/mol. The first kappa shape index (κ1) is 14.6. The van der Waals surface area contributed by atoms with Gasteiger partial charge in [-0.1, -0.05) is 0 Å². The van der Waals surface area contributed by atoms with Crippen molar-refractivity contribution in [1.29, 1.82) is 0 Å². The maximum Gasteiger partial charge on any atom is 0.326 e. The third kappa shape index (κ3) is 2.46. The summed E-state index contributed by atoms with van der Waals surface area (Å²) in [6.45, 7) is 0. The number of aromatic amines is 2. The molecule has 1 aliphatic carbocycles. The highest BCUT2D eigenvalue weighted by Gasteiger charge is 2.21. The minimum absolute atomic E-state index is 0.244. The number of imidazole rings is 2. The van der Waals surface area contributed by atoms with Crippen LogP contribution >= 0.6 is 0 Å². The van der Waals surface area contributed by atoms with Gasteiger partial charge in [-0.05, 0) is 18.9 Å².